The van der Waals surface area contributed by atoms with Crippen molar-refractivity contribution in [2.24, 2.45) is 11.8 Å². The summed E-state index contributed by atoms with van der Waals surface area (Å²) in [6, 6.07) is 6.02. The fourth-order valence-corrected chi connectivity index (χ4v) is 4.21. The van der Waals surface area contributed by atoms with E-state index in [0.29, 0.717) is 18.1 Å². The van der Waals surface area contributed by atoms with Gasteiger partial charge in [0.15, 0.2) is 5.60 Å². The van der Waals surface area contributed by atoms with Crippen LogP contribution in [0.25, 0.3) is 0 Å². The molecule has 162 valence electrons. The number of carbonyl (C=O) groups excluding carboxylic acids is 1. The van der Waals surface area contributed by atoms with Crippen molar-refractivity contribution in [2.75, 3.05) is 19.7 Å². The van der Waals surface area contributed by atoms with Gasteiger partial charge in [0.05, 0.1) is 12.9 Å². The van der Waals surface area contributed by atoms with Crippen molar-refractivity contribution >= 4 is 36.3 Å². The molecule has 1 saturated heterocycles. The highest BCUT2D eigenvalue weighted by Gasteiger charge is 2.54. The summed E-state index contributed by atoms with van der Waals surface area (Å²) in [6.07, 6.45) is 1.95. The van der Waals surface area contributed by atoms with Crippen LogP contribution in [0.4, 0.5) is 8.78 Å². The first kappa shape index (κ1) is 23.8. The van der Waals surface area contributed by atoms with Gasteiger partial charge in [0.1, 0.15) is 0 Å². The number of halogens is 4. The van der Waals surface area contributed by atoms with E-state index in [4.69, 9.17) is 21.7 Å². The summed E-state index contributed by atoms with van der Waals surface area (Å²) in [7, 11) is 0. The highest BCUT2D eigenvalue weighted by molar-refractivity contribution is 6.30. The Morgan fingerprint density at radius 2 is 1.93 bits per heavy atom. The molecule has 0 aromatic heterocycles. The molecule has 1 aromatic carbocycles. The van der Waals surface area contributed by atoms with Crippen LogP contribution in [-0.4, -0.2) is 47.9 Å². The van der Waals surface area contributed by atoms with Crippen molar-refractivity contribution in [2.45, 2.75) is 43.6 Å². The molecule has 0 spiro atoms. The first-order chi connectivity index (χ1) is 13.2. The van der Waals surface area contributed by atoms with Gasteiger partial charge in [0.2, 0.25) is 5.92 Å². The second kappa shape index (κ2) is 9.58. The van der Waals surface area contributed by atoms with Crippen LogP contribution in [0.15, 0.2) is 24.3 Å². The van der Waals surface area contributed by atoms with E-state index >= 15 is 0 Å². The van der Waals surface area contributed by atoms with Crippen molar-refractivity contribution in [1.29, 1.82) is 5.41 Å². The topological polar surface area (TPSA) is 73.6 Å². The van der Waals surface area contributed by atoms with Crippen LogP contribution >= 0.6 is 24.0 Å². The maximum atomic E-state index is 13.8. The fourth-order valence-electron chi connectivity index (χ4n) is 4.08. The molecule has 2 N–H and O–H groups in total. The Hall–Kier alpha value is -1.44. The highest BCUT2D eigenvalue weighted by atomic mass is 35.5. The van der Waals surface area contributed by atoms with Crippen LogP contribution in [0.2, 0.25) is 5.02 Å². The second-order valence-corrected chi connectivity index (χ2v) is 8.21. The normalized spacial score (nSPS) is 23.7. The number of esters is 1. The molecule has 1 heterocycles. The van der Waals surface area contributed by atoms with Gasteiger partial charge >= 0.3 is 5.97 Å². The lowest BCUT2D eigenvalue weighted by Crippen LogP contribution is -2.45. The molecule has 0 amide bonds. The number of rotatable bonds is 6. The van der Waals surface area contributed by atoms with Gasteiger partial charge in [-0.15, -0.1) is 12.4 Å². The van der Waals surface area contributed by atoms with Crippen molar-refractivity contribution in [3.63, 3.8) is 0 Å². The standard InChI is InChI=1S/C20H25ClF2N2O3.ClH/c21-17-3-1-15(2-4-17)20(27,16-5-8-19(22,23)11-16)18(26)28-12-14-6-9-25(13-24)10-7-14;/h1-4,13-14,16,24,27H,5-12H2;1H. The van der Waals surface area contributed by atoms with E-state index in [1.807, 2.05) is 4.90 Å². The molecule has 9 heteroatoms. The summed E-state index contributed by atoms with van der Waals surface area (Å²) >= 11 is 5.90. The molecule has 1 aromatic rings. The molecule has 2 aliphatic rings. The number of benzene rings is 1. The highest BCUT2D eigenvalue weighted by Crippen LogP contribution is 2.48. The number of piperidine rings is 1. The van der Waals surface area contributed by atoms with Gasteiger partial charge in [0.25, 0.3) is 0 Å². The van der Waals surface area contributed by atoms with E-state index in [9.17, 15) is 18.7 Å². The summed E-state index contributed by atoms with van der Waals surface area (Å²) in [4.78, 5) is 14.8. The van der Waals surface area contributed by atoms with E-state index in [1.165, 1.54) is 30.6 Å². The number of nitrogens with one attached hydrogen (secondary N) is 1. The van der Waals surface area contributed by atoms with Gasteiger partial charge < -0.3 is 14.7 Å². The molecule has 5 nitrogen and oxygen atoms in total. The Labute approximate surface area is 180 Å². The predicted octanol–water partition coefficient (Wildman–Crippen LogP) is 4.25. The third-order valence-corrected chi connectivity index (χ3v) is 6.12. The lowest BCUT2D eigenvalue weighted by atomic mass is 9.80. The Morgan fingerprint density at radius 1 is 1.31 bits per heavy atom. The van der Waals surface area contributed by atoms with E-state index in [2.05, 4.69) is 0 Å². The van der Waals surface area contributed by atoms with Gasteiger partial charge in [-0.25, -0.2) is 13.6 Å². The molecule has 2 fully saturated rings. The molecular weight excluding hydrogens is 425 g/mol. The van der Waals surface area contributed by atoms with Crippen LogP contribution in [0.5, 0.6) is 0 Å². The van der Waals surface area contributed by atoms with Crippen molar-refractivity contribution in [3.8, 4) is 0 Å². The minimum Gasteiger partial charge on any atom is -0.463 e. The molecule has 2 atom stereocenters. The third kappa shape index (κ3) is 5.38. The SMILES string of the molecule is Cl.N=CN1CCC(COC(=O)C(O)(c2ccc(Cl)cc2)C2CCC(F)(F)C2)CC1. The van der Waals surface area contributed by atoms with Crippen LogP contribution in [0.3, 0.4) is 0 Å². The molecule has 1 aliphatic heterocycles. The Kier molecular flexibility index (Phi) is 7.87. The minimum atomic E-state index is -2.90. The number of hydrogen-bond acceptors (Lipinski definition) is 4. The maximum absolute atomic E-state index is 13.8. The zero-order valence-corrected chi connectivity index (χ0v) is 17.5. The summed E-state index contributed by atoms with van der Waals surface area (Å²) in [6.45, 7) is 1.55. The predicted molar refractivity (Wildman–Crippen MR) is 109 cm³/mol. The lowest BCUT2D eigenvalue weighted by Gasteiger charge is -2.34. The van der Waals surface area contributed by atoms with Crippen molar-refractivity contribution in [3.05, 3.63) is 34.9 Å². The molecule has 2 unspecified atom stereocenters. The summed E-state index contributed by atoms with van der Waals surface area (Å²) in [5.41, 5.74) is -1.90. The number of nitrogens with zero attached hydrogens (tertiary/aromatic N) is 1. The first-order valence-electron chi connectivity index (χ1n) is 9.53. The van der Waals surface area contributed by atoms with E-state index in [0.717, 1.165) is 12.8 Å². The average molecular weight is 451 g/mol. The molecule has 1 saturated carbocycles. The van der Waals surface area contributed by atoms with E-state index < -0.39 is 29.8 Å². The van der Waals surface area contributed by atoms with Crippen LogP contribution in [-0.2, 0) is 15.1 Å². The zero-order valence-electron chi connectivity index (χ0n) is 16.0. The average Bonchev–Trinajstić information content (AvgIpc) is 3.06. The van der Waals surface area contributed by atoms with Crippen molar-refractivity contribution < 1.29 is 23.4 Å². The van der Waals surface area contributed by atoms with Gasteiger partial charge in [0, 0.05) is 36.9 Å². The summed E-state index contributed by atoms with van der Waals surface area (Å²) in [5, 5.41) is 19.0. The molecule has 0 bridgehead atoms. The van der Waals surface area contributed by atoms with Crippen LogP contribution in [0, 0.1) is 17.2 Å². The lowest BCUT2D eigenvalue weighted by molar-refractivity contribution is -0.176. The van der Waals surface area contributed by atoms with Gasteiger partial charge in [-0.3, -0.25) is 5.41 Å². The number of alkyl halides is 2. The molecular formula is C20H26Cl2F2N2O3. The molecule has 3 rings (SSSR count). The van der Waals surface area contributed by atoms with Crippen molar-refractivity contribution in [1.82, 2.24) is 4.90 Å². The number of aliphatic hydroxyl groups is 1. The molecule has 29 heavy (non-hydrogen) atoms. The Bertz CT molecular complexity index is 712. The molecule has 1 aliphatic carbocycles. The zero-order chi connectivity index (χ0) is 20.4. The summed E-state index contributed by atoms with van der Waals surface area (Å²) < 4.78 is 33.1. The van der Waals surface area contributed by atoms with Crippen LogP contribution < -0.4 is 0 Å². The number of carbonyl (C=O) groups is 1. The van der Waals surface area contributed by atoms with Gasteiger partial charge in [-0.2, -0.15) is 0 Å². The largest absolute Gasteiger partial charge is 0.463 e. The number of likely N-dealkylation sites (tertiary alicyclic amines) is 1. The first-order valence-corrected chi connectivity index (χ1v) is 9.90. The minimum absolute atomic E-state index is 0. The van der Waals surface area contributed by atoms with Crippen LogP contribution in [0.1, 0.15) is 37.7 Å². The second-order valence-electron chi connectivity index (χ2n) is 7.78. The van der Waals surface area contributed by atoms with E-state index in [1.54, 1.807) is 0 Å². The number of hydrogen-bond donors (Lipinski definition) is 2. The van der Waals surface area contributed by atoms with Gasteiger partial charge in [-0.05, 0) is 42.9 Å². The monoisotopic (exact) mass is 450 g/mol. The number of ether oxygens (including phenoxy) is 1. The van der Waals surface area contributed by atoms with Gasteiger partial charge in [-0.1, -0.05) is 23.7 Å². The Morgan fingerprint density at radius 3 is 2.45 bits per heavy atom. The Balaban J connectivity index is 0.00000300. The fraction of sp³-hybridized carbons (Fsp3) is 0.600. The molecule has 0 radical (unpaired) electrons. The van der Waals surface area contributed by atoms with E-state index in [-0.39, 0.29) is 43.3 Å². The third-order valence-electron chi connectivity index (χ3n) is 5.87. The maximum Gasteiger partial charge on any atom is 0.343 e. The summed E-state index contributed by atoms with van der Waals surface area (Å²) in [5.74, 6) is -4.58. The quantitative estimate of drug-likeness (QED) is 0.386. The smallest absolute Gasteiger partial charge is 0.343 e.